The average molecular weight is 269 g/mol. The molecule has 0 spiro atoms. The first-order valence-electron chi connectivity index (χ1n) is 6.65. The molecule has 0 aromatic heterocycles. The van der Waals surface area contributed by atoms with Crippen LogP contribution in [0.25, 0.3) is 0 Å². The minimum Gasteiger partial charge on any atom is -0.394 e. The summed E-state index contributed by atoms with van der Waals surface area (Å²) < 4.78 is 0. The number of aliphatic hydroxyl groups excluding tert-OH is 1. The second-order valence-corrected chi connectivity index (χ2v) is 4.94. The lowest BCUT2D eigenvalue weighted by Gasteiger charge is -2.17. The second kappa shape index (κ2) is 6.35. The maximum absolute atomic E-state index is 12.3. The van der Waals surface area contributed by atoms with Gasteiger partial charge in [-0.15, -0.1) is 0 Å². The maximum atomic E-state index is 12.3. The molecule has 0 saturated carbocycles. The Morgan fingerprint density at radius 2 is 1.85 bits per heavy atom. The number of hydrogen-bond donors (Lipinski definition) is 2. The fourth-order valence-corrected chi connectivity index (χ4v) is 2.14. The van der Waals surface area contributed by atoms with Crippen LogP contribution < -0.4 is 5.32 Å². The Morgan fingerprint density at radius 1 is 1.15 bits per heavy atom. The molecule has 0 aliphatic carbocycles. The van der Waals surface area contributed by atoms with E-state index in [1.54, 1.807) is 0 Å². The largest absolute Gasteiger partial charge is 0.394 e. The van der Waals surface area contributed by atoms with E-state index in [0.29, 0.717) is 5.56 Å². The molecule has 20 heavy (non-hydrogen) atoms. The van der Waals surface area contributed by atoms with Crippen LogP contribution in [0.3, 0.4) is 0 Å². The van der Waals surface area contributed by atoms with Gasteiger partial charge >= 0.3 is 0 Å². The minimum absolute atomic E-state index is 0.124. The van der Waals surface area contributed by atoms with Crippen molar-refractivity contribution >= 4 is 5.91 Å². The summed E-state index contributed by atoms with van der Waals surface area (Å²) in [4.78, 5) is 12.3. The van der Waals surface area contributed by atoms with Crippen LogP contribution in [0.1, 0.15) is 33.1 Å². The molecule has 0 radical (unpaired) electrons. The molecule has 3 heteroatoms. The summed E-state index contributed by atoms with van der Waals surface area (Å²) in [6.07, 6.45) is 0. The SMILES string of the molecule is Cc1ccc(C)c(C(=O)N[C@@H](CO)c2ccccc2)c1. The minimum atomic E-state index is -0.386. The van der Waals surface area contributed by atoms with Gasteiger partial charge in [0.2, 0.25) is 0 Å². The van der Waals surface area contributed by atoms with E-state index in [0.717, 1.165) is 16.7 Å². The van der Waals surface area contributed by atoms with Crippen LogP contribution in [-0.4, -0.2) is 17.6 Å². The van der Waals surface area contributed by atoms with Crippen molar-refractivity contribution in [3.8, 4) is 0 Å². The summed E-state index contributed by atoms with van der Waals surface area (Å²) in [6, 6.07) is 14.9. The van der Waals surface area contributed by atoms with E-state index >= 15 is 0 Å². The lowest BCUT2D eigenvalue weighted by Crippen LogP contribution is -2.31. The number of carbonyl (C=O) groups is 1. The van der Waals surface area contributed by atoms with E-state index in [1.165, 1.54) is 0 Å². The van der Waals surface area contributed by atoms with Crippen LogP contribution in [0.4, 0.5) is 0 Å². The molecule has 104 valence electrons. The second-order valence-electron chi connectivity index (χ2n) is 4.94. The Hall–Kier alpha value is -2.13. The molecule has 1 atom stereocenters. The van der Waals surface area contributed by atoms with E-state index in [2.05, 4.69) is 5.32 Å². The molecule has 0 fully saturated rings. The van der Waals surface area contributed by atoms with Gasteiger partial charge in [-0.2, -0.15) is 0 Å². The molecule has 0 bridgehead atoms. The molecule has 0 aliphatic heterocycles. The molecule has 0 aliphatic rings. The zero-order valence-electron chi connectivity index (χ0n) is 11.8. The average Bonchev–Trinajstić information content (AvgIpc) is 2.48. The molecule has 3 nitrogen and oxygen atoms in total. The van der Waals surface area contributed by atoms with Crippen molar-refractivity contribution in [3.63, 3.8) is 0 Å². The monoisotopic (exact) mass is 269 g/mol. The van der Waals surface area contributed by atoms with Gasteiger partial charge in [-0.25, -0.2) is 0 Å². The van der Waals surface area contributed by atoms with Gasteiger partial charge in [-0.1, -0.05) is 48.0 Å². The van der Waals surface area contributed by atoms with Gasteiger partial charge in [0.1, 0.15) is 0 Å². The number of benzene rings is 2. The Kier molecular flexibility index (Phi) is 4.53. The number of hydrogen-bond acceptors (Lipinski definition) is 2. The quantitative estimate of drug-likeness (QED) is 0.896. The number of aliphatic hydroxyl groups is 1. The topological polar surface area (TPSA) is 49.3 Å². The third-order valence-electron chi connectivity index (χ3n) is 3.33. The summed E-state index contributed by atoms with van der Waals surface area (Å²) in [5, 5.41) is 12.4. The summed E-state index contributed by atoms with van der Waals surface area (Å²) in [6.45, 7) is 3.74. The number of rotatable bonds is 4. The van der Waals surface area contributed by atoms with Gasteiger partial charge in [0, 0.05) is 5.56 Å². The van der Waals surface area contributed by atoms with Gasteiger partial charge in [0.25, 0.3) is 5.91 Å². The molecule has 0 unspecified atom stereocenters. The molecule has 1 amide bonds. The number of nitrogens with one attached hydrogen (secondary N) is 1. The number of amides is 1. The van der Waals surface area contributed by atoms with Crippen molar-refractivity contribution in [2.45, 2.75) is 19.9 Å². The predicted octanol–water partition coefficient (Wildman–Crippen LogP) is 2.77. The molecular weight excluding hydrogens is 250 g/mol. The van der Waals surface area contributed by atoms with Crippen molar-refractivity contribution < 1.29 is 9.90 Å². The molecule has 0 heterocycles. The van der Waals surface area contributed by atoms with Crippen LogP contribution in [0, 0.1) is 13.8 Å². The van der Waals surface area contributed by atoms with Crippen molar-refractivity contribution in [1.82, 2.24) is 5.32 Å². The van der Waals surface area contributed by atoms with Crippen LogP contribution in [0.15, 0.2) is 48.5 Å². The van der Waals surface area contributed by atoms with Gasteiger partial charge in [-0.3, -0.25) is 4.79 Å². The standard InChI is InChI=1S/C17H19NO2/c1-12-8-9-13(2)15(10-12)17(20)18-16(11-19)14-6-4-3-5-7-14/h3-10,16,19H,11H2,1-2H3,(H,18,20)/t16-/m0/s1. The fraction of sp³-hybridized carbons (Fsp3) is 0.235. The Balaban J connectivity index is 2.20. The van der Waals surface area contributed by atoms with E-state index in [1.807, 2.05) is 62.4 Å². The van der Waals surface area contributed by atoms with Gasteiger partial charge in [0.05, 0.1) is 12.6 Å². The normalized spacial score (nSPS) is 11.9. The highest BCUT2D eigenvalue weighted by Crippen LogP contribution is 2.15. The number of aryl methyl sites for hydroxylation is 2. The lowest BCUT2D eigenvalue weighted by molar-refractivity contribution is 0.0915. The van der Waals surface area contributed by atoms with Gasteiger partial charge in [0.15, 0.2) is 0 Å². The van der Waals surface area contributed by atoms with Crippen LogP contribution in [0.5, 0.6) is 0 Å². The third-order valence-corrected chi connectivity index (χ3v) is 3.33. The highest BCUT2D eigenvalue weighted by atomic mass is 16.3. The molecule has 0 saturated heterocycles. The molecule has 2 N–H and O–H groups in total. The fourth-order valence-electron chi connectivity index (χ4n) is 2.14. The highest BCUT2D eigenvalue weighted by molar-refractivity contribution is 5.96. The zero-order valence-corrected chi connectivity index (χ0v) is 11.8. The summed E-state index contributed by atoms with van der Waals surface area (Å²) >= 11 is 0. The van der Waals surface area contributed by atoms with Crippen molar-refractivity contribution in [3.05, 3.63) is 70.8 Å². The maximum Gasteiger partial charge on any atom is 0.252 e. The van der Waals surface area contributed by atoms with E-state index in [4.69, 9.17) is 0 Å². The van der Waals surface area contributed by atoms with Crippen molar-refractivity contribution in [2.24, 2.45) is 0 Å². The first-order valence-corrected chi connectivity index (χ1v) is 6.65. The Bertz CT molecular complexity index is 593. The Labute approximate surface area is 119 Å². The van der Waals surface area contributed by atoms with Crippen LogP contribution in [-0.2, 0) is 0 Å². The summed E-state index contributed by atoms with van der Waals surface area (Å²) in [7, 11) is 0. The first-order chi connectivity index (χ1) is 9.61. The summed E-state index contributed by atoms with van der Waals surface area (Å²) in [5.41, 5.74) is 3.52. The predicted molar refractivity (Wildman–Crippen MR) is 79.7 cm³/mol. The summed E-state index contributed by atoms with van der Waals surface area (Å²) in [5.74, 6) is -0.158. The van der Waals surface area contributed by atoms with E-state index in [9.17, 15) is 9.90 Å². The van der Waals surface area contributed by atoms with Crippen LogP contribution in [0.2, 0.25) is 0 Å². The Morgan fingerprint density at radius 3 is 2.50 bits per heavy atom. The lowest BCUT2D eigenvalue weighted by atomic mass is 10.0. The van der Waals surface area contributed by atoms with E-state index in [-0.39, 0.29) is 18.6 Å². The van der Waals surface area contributed by atoms with E-state index < -0.39 is 0 Å². The zero-order chi connectivity index (χ0) is 14.5. The number of carbonyl (C=O) groups excluding carboxylic acids is 1. The van der Waals surface area contributed by atoms with Crippen LogP contribution >= 0.6 is 0 Å². The smallest absolute Gasteiger partial charge is 0.252 e. The molecule has 2 aromatic rings. The third kappa shape index (κ3) is 3.25. The molecule has 2 aromatic carbocycles. The highest BCUT2D eigenvalue weighted by Gasteiger charge is 2.16. The van der Waals surface area contributed by atoms with Gasteiger partial charge in [-0.05, 0) is 31.0 Å². The van der Waals surface area contributed by atoms with Crippen molar-refractivity contribution in [1.29, 1.82) is 0 Å². The molecular formula is C17H19NO2. The molecule has 2 rings (SSSR count). The van der Waals surface area contributed by atoms with Gasteiger partial charge < -0.3 is 10.4 Å². The first kappa shape index (κ1) is 14.3. The van der Waals surface area contributed by atoms with Crippen molar-refractivity contribution in [2.75, 3.05) is 6.61 Å².